The molecule has 3 aromatic rings. The number of aliphatic hydroxyl groups is 1. The van der Waals surface area contributed by atoms with E-state index in [1.165, 1.54) is 30.5 Å². The van der Waals surface area contributed by atoms with Gasteiger partial charge in [-0.05, 0) is 36.8 Å². The van der Waals surface area contributed by atoms with Gasteiger partial charge in [-0.1, -0.05) is 30.3 Å². The third-order valence-electron chi connectivity index (χ3n) is 3.96. The number of imidazole rings is 1. The maximum atomic E-state index is 13.0. The average Bonchev–Trinajstić information content (AvgIpc) is 3.11. The molecule has 0 spiro atoms. The molecule has 1 atom stereocenters. The van der Waals surface area contributed by atoms with E-state index in [-0.39, 0.29) is 18.3 Å². The molecule has 0 aliphatic heterocycles. The second kappa shape index (κ2) is 6.86. The van der Waals surface area contributed by atoms with E-state index in [0.717, 1.165) is 5.69 Å². The molecule has 25 heavy (non-hydrogen) atoms. The monoisotopic (exact) mass is 339 g/mol. The average molecular weight is 339 g/mol. The third-order valence-corrected chi connectivity index (χ3v) is 3.96. The summed E-state index contributed by atoms with van der Waals surface area (Å²) in [4.78, 5) is 16.5. The summed E-state index contributed by atoms with van der Waals surface area (Å²) in [5.74, 6) is -0.737. The molecular weight excluding hydrogens is 321 g/mol. The Morgan fingerprint density at radius 1 is 1.20 bits per heavy atom. The number of carbonyl (C=O) groups excluding carboxylic acids is 1. The highest BCUT2D eigenvalue weighted by Gasteiger charge is 2.25. The molecule has 5 nitrogen and oxygen atoms in total. The van der Waals surface area contributed by atoms with Gasteiger partial charge in [0.2, 0.25) is 0 Å². The number of amides is 1. The minimum absolute atomic E-state index is 0.0164. The van der Waals surface area contributed by atoms with Gasteiger partial charge in [0.25, 0.3) is 5.91 Å². The summed E-state index contributed by atoms with van der Waals surface area (Å²) in [5.41, 5.74) is 0.378. The van der Waals surface area contributed by atoms with Crippen LogP contribution in [0.15, 0.2) is 67.1 Å². The summed E-state index contributed by atoms with van der Waals surface area (Å²) in [6, 6.07) is 14.9. The maximum Gasteiger partial charge on any atom is 0.270 e. The van der Waals surface area contributed by atoms with Gasteiger partial charge >= 0.3 is 0 Å². The van der Waals surface area contributed by atoms with Crippen molar-refractivity contribution in [1.29, 1.82) is 0 Å². The second-order valence-electron chi connectivity index (χ2n) is 5.95. The first-order valence-corrected chi connectivity index (χ1v) is 7.82. The molecule has 0 saturated heterocycles. The van der Waals surface area contributed by atoms with Crippen molar-refractivity contribution < 1.29 is 14.3 Å². The summed E-state index contributed by atoms with van der Waals surface area (Å²) in [7, 11) is 0. The van der Waals surface area contributed by atoms with Gasteiger partial charge in [-0.2, -0.15) is 0 Å². The van der Waals surface area contributed by atoms with Crippen LogP contribution in [0.5, 0.6) is 0 Å². The van der Waals surface area contributed by atoms with Crippen LogP contribution in [0.25, 0.3) is 5.69 Å². The molecular formula is C19H18FN3O2. The molecule has 3 rings (SSSR count). The van der Waals surface area contributed by atoms with Crippen LogP contribution in [0.1, 0.15) is 23.0 Å². The normalized spacial score (nSPS) is 13.2. The molecule has 0 radical (unpaired) electrons. The van der Waals surface area contributed by atoms with Gasteiger partial charge in [-0.25, -0.2) is 9.37 Å². The topological polar surface area (TPSA) is 67.2 Å². The van der Waals surface area contributed by atoms with Gasteiger partial charge in [-0.3, -0.25) is 9.36 Å². The van der Waals surface area contributed by atoms with Crippen LogP contribution in [-0.2, 0) is 5.60 Å². The predicted octanol–water partition coefficient (Wildman–Crippen LogP) is 2.65. The molecule has 128 valence electrons. The minimum Gasteiger partial charge on any atom is -0.384 e. The number of aromatic nitrogens is 2. The molecule has 0 aliphatic rings. The fourth-order valence-electron chi connectivity index (χ4n) is 2.51. The van der Waals surface area contributed by atoms with E-state index in [4.69, 9.17) is 0 Å². The summed E-state index contributed by atoms with van der Waals surface area (Å²) >= 11 is 0. The lowest BCUT2D eigenvalue weighted by molar-refractivity contribution is 0.0524. The Bertz CT molecular complexity index is 858. The van der Waals surface area contributed by atoms with Crippen molar-refractivity contribution in [1.82, 2.24) is 14.9 Å². The highest BCUT2D eigenvalue weighted by molar-refractivity contribution is 5.93. The molecule has 2 N–H and O–H groups in total. The van der Waals surface area contributed by atoms with E-state index in [0.29, 0.717) is 11.3 Å². The highest BCUT2D eigenvalue weighted by atomic mass is 19.1. The zero-order valence-electron chi connectivity index (χ0n) is 13.7. The first-order valence-electron chi connectivity index (χ1n) is 7.82. The third kappa shape index (κ3) is 3.75. The fraction of sp³-hybridized carbons (Fsp3) is 0.158. The van der Waals surface area contributed by atoms with E-state index in [1.54, 1.807) is 17.8 Å². The van der Waals surface area contributed by atoms with E-state index >= 15 is 0 Å². The van der Waals surface area contributed by atoms with Crippen molar-refractivity contribution in [2.45, 2.75) is 12.5 Å². The summed E-state index contributed by atoms with van der Waals surface area (Å²) in [6.07, 6.45) is 3.03. The number of para-hydroxylation sites is 1. The van der Waals surface area contributed by atoms with E-state index in [2.05, 4.69) is 10.3 Å². The Balaban J connectivity index is 1.73. The lowest BCUT2D eigenvalue weighted by Crippen LogP contribution is -2.39. The second-order valence-corrected chi connectivity index (χ2v) is 5.95. The molecule has 0 bridgehead atoms. The molecule has 1 heterocycles. The standard InChI is InChI=1S/C19H18FN3O2/c1-19(25,14-7-9-15(20)10-8-14)12-22-18(24)17-11-21-13-23(17)16-5-3-2-4-6-16/h2-11,13,25H,12H2,1H3,(H,22,24). The van der Waals surface area contributed by atoms with Crippen molar-refractivity contribution in [3.05, 3.63) is 84.2 Å². The SMILES string of the molecule is CC(O)(CNC(=O)c1cncn1-c1ccccc1)c1ccc(F)cc1. The lowest BCUT2D eigenvalue weighted by Gasteiger charge is -2.24. The lowest BCUT2D eigenvalue weighted by atomic mass is 9.96. The van der Waals surface area contributed by atoms with Gasteiger partial charge in [0.1, 0.15) is 17.1 Å². The number of halogens is 1. The zero-order chi connectivity index (χ0) is 17.9. The van der Waals surface area contributed by atoms with Gasteiger partial charge < -0.3 is 10.4 Å². The van der Waals surface area contributed by atoms with Crippen molar-refractivity contribution in [3.63, 3.8) is 0 Å². The van der Waals surface area contributed by atoms with Crippen LogP contribution in [0.3, 0.4) is 0 Å². The van der Waals surface area contributed by atoms with Crippen LogP contribution in [-0.4, -0.2) is 27.1 Å². The molecule has 6 heteroatoms. The van der Waals surface area contributed by atoms with Crippen LogP contribution in [0.4, 0.5) is 4.39 Å². The Hall–Kier alpha value is -2.99. The van der Waals surface area contributed by atoms with Gasteiger partial charge in [0.15, 0.2) is 0 Å². The Morgan fingerprint density at radius 2 is 1.88 bits per heavy atom. The Labute approximate surface area is 144 Å². The van der Waals surface area contributed by atoms with E-state index in [1.807, 2.05) is 30.3 Å². The predicted molar refractivity (Wildman–Crippen MR) is 91.9 cm³/mol. The number of carbonyl (C=O) groups is 1. The van der Waals surface area contributed by atoms with E-state index in [9.17, 15) is 14.3 Å². The van der Waals surface area contributed by atoms with Crippen molar-refractivity contribution in [2.75, 3.05) is 6.54 Å². The van der Waals surface area contributed by atoms with E-state index < -0.39 is 5.60 Å². The van der Waals surface area contributed by atoms with Crippen molar-refractivity contribution in [3.8, 4) is 5.69 Å². The number of benzene rings is 2. The van der Waals surface area contributed by atoms with Gasteiger partial charge in [-0.15, -0.1) is 0 Å². The van der Waals surface area contributed by atoms with Crippen LogP contribution in [0.2, 0.25) is 0 Å². The number of nitrogens with zero attached hydrogens (tertiary/aromatic N) is 2. The first-order chi connectivity index (χ1) is 12.0. The molecule has 2 aromatic carbocycles. The van der Waals surface area contributed by atoms with Crippen molar-refractivity contribution >= 4 is 5.91 Å². The fourth-order valence-corrected chi connectivity index (χ4v) is 2.51. The Kier molecular flexibility index (Phi) is 4.63. The van der Waals surface area contributed by atoms with Crippen LogP contribution < -0.4 is 5.32 Å². The van der Waals surface area contributed by atoms with Gasteiger partial charge in [0.05, 0.1) is 19.1 Å². The number of nitrogens with one attached hydrogen (secondary N) is 1. The number of rotatable bonds is 5. The zero-order valence-corrected chi connectivity index (χ0v) is 13.7. The smallest absolute Gasteiger partial charge is 0.270 e. The number of hydrogen-bond donors (Lipinski definition) is 2. The largest absolute Gasteiger partial charge is 0.384 e. The number of hydrogen-bond acceptors (Lipinski definition) is 3. The highest BCUT2D eigenvalue weighted by Crippen LogP contribution is 2.20. The van der Waals surface area contributed by atoms with Crippen molar-refractivity contribution in [2.24, 2.45) is 0 Å². The molecule has 0 saturated carbocycles. The Morgan fingerprint density at radius 3 is 2.56 bits per heavy atom. The summed E-state index contributed by atoms with van der Waals surface area (Å²) in [5, 5.41) is 13.3. The molecule has 0 fully saturated rings. The quantitative estimate of drug-likeness (QED) is 0.751. The minimum atomic E-state index is -1.32. The molecule has 1 amide bonds. The maximum absolute atomic E-state index is 13.0. The van der Waals surface area contributed by atoms with Crippen LogP contribution >= 0.6 is 0 Å². The first kappa shape index (κ1) is 16.9. The molecule has 0 aliphatic carbocycles. The molecule has 1 unspecified atom stereocenters. The summed E-state index contributed by atoms with van der Waals surface area (Å²) in [6.45, 7) is 1.55. The molecule has 1 aromatic heterocycles. The van der Waals surface area contributed by atoms with Gasteiger partial charge in [0, 0.05) is 5.69 Å². The summed E-state index contributed by atoms with van der Waals surface area (Å²) < 4.78 is 14.7. The van der Waals surface area contributed by atoms with Crippen LogP contribution in [0, 0.1) is 5.82 Å².